The van der Waals surface area contributed by atoms with Crippen LogP contribution in [0.15, 0.2) is 51.9 Å². The first kappa shape index (κ1) is 20.5. The van der Waals surface area contributed by atoms with Crippen LogP contribution in [0.3, 0.4) is 0 Å². The first-order valence-electron chi connectivity index (χ1n) is 8.69. The van der Waals surface area contributed by atoms with E-state index in [0.717, 1.165) is 0 Å². The molecule has 0 bridgehead atoms. The largest absolute Gasteiger partial charge is 0.313 e. The van der Waals surface area contributed by atoms with E-state index >= 15 is 0 Å². The van der Waals surface area contributed by atoms with Gasteiger partial charge in [-0.05, 0) is 35.9 Å². The molecule has 2 saturated heterocycles. The molecule has 10 heteroatoms. The summed E-state index contributed by atoms with van der Waals surface area (Å²) in [5, 5.41) is -0.0383. The normalized spacial score (nSPS) is 24.1. The second-order valence-electron chi connectivity index (χ2n) is 6.86. The highest BCUT2D eigenvalue weighted by molar-refractivity contribution is 9.10. The van der Waals surface area contributed by atoms with Crippen LogP contribution in [0.4, 0.5) is 14.5 Å². The van der Waals surface area contributed by atoms with Gasteiger partial charge in [-0.15, -0.1) is 0 Å². The molecule has 5 nitrogen and oxygen atoms in total. The summed E-state index contributed by atoms with van der Waals surface area (Å²) in [5.41, 5.74) is 0.784. The Morgan fingerprint density at radius 3 is 2.59 bits per heavy atom. The zero-order valence-electron chi connectivity index (χ0n) is 14.9. The van der Waals surface area contributed by atoms with E-state index < -0.39 is 33.4 Å². The second-order valence-corrected chi connectivity index (χ2v) is 11.1. The Hall–Kier alpha value is -1.78. The van der Waals surface area contributed by atoms with Gasteiger partial charge in [0.2, 0.25) is 0 Å². The molecule has 0 aromatic heterocycles. The van der Waals surface area contributed by atoms with Crippen LogP contribution in [0.5, 0.6) is 0 Å². The third kappa shape index (κ3) is 4.39. The first-order valence-corrected chi connectivity index (χ1v) is 12.2. The molecule has 2 fully saturated rings. The number of fused-ring (bicyclic) bond motifs is 1. The number of thioether (sulfide) groups is 1. The molecule has 2 aromatic rings. The Morgan fingerprint density at radius 2 is 1.90 bits per heavy atom. The summed E-state index contributed by atoms with van der Waals surface area (Å²) in [7, 11) is -3.24. The zero-order chi connectivity index (χ0) is 20.8. The molecular weight excluding hydrogens is 486 g/mol. The van der Waals surface area contributed by atoms with Gasteiger partial charge in [-0.2, -0.15) is 4.99 Å². The quantitative estimate of drug-likeness (QED) is 0.644. The van der Waals surface area contributed by atoms with E-state index in [1.54, 1.807) is 6.07 Å². The van der Waals surface area contributed by atoms with E-state index in [2.05, 4.69) is 20.9 Å². The number of nitrogens with zero attached hydrogens (tertiary/aromatic N) is 2. The van der Waals surface area contributed by atoms with Crippen molar-refractivity contribution < 1.29 is 22.0 Å². The Morgan fingerprint density at radius 1 is 1.17 bits per heavy atom. The summed E-state index contributed by atoms with van der Waals surface area (Å²) in [4.78, 5) is 18.1. The highest BCUT2D eigenvalue weighted by atomic mass is 79.9. The van der Waals surface area contributed by atoms with Gasteiger partial charge in [0, 0.05) is 9.72 Å². The molecule has 0 N–H and O–H groups in total. The lowest BCUT2D eigenvalue weighted by Gasteiger charge is -2.25. The Bertz CT molecular complexity index is 1110. The summed E-state index contributed by atoms with van der Waals surface area (Å²) in [6.07, 6.45) is -0.0331. The third-order valence-corrected chi connectivity index (χ3v) is 8.43. The molecule has 0 aliphatic carbocycles. The number of rotatable bonds is 3. The Kier molecular flexibility index (Phi) is 5.52. The molecule has 0 saturated carbocycles. The number of sulfone groups is 1. The van der Waals surface area contributed by atoms with Crippen molar-refractivity contribution in [3.8, 4) is 0 Å². The molecule has 152 valence electrons. The molecule has 29 heavy (non-hydrogen) atoms. The Balaban J connectivity index is 1.66. The molecule has 0 radical (unpaired) electrons. The highest BCUT2D eigenvalue weighted by Crippen LogP contribution is 2.42. The van der Waals surface area contributed by atoms with E-state index in [1.165, 1.54) is 53.1 Å². The van der Waals surface area contributed by atoms with Crippen LogP contribution in [0, 0.1) is 11.6 Å². The number of hydrogen-bond donors (Lipinski definition) is 0. The van der Waals surface area contributed by atoms with Crippen molar-refractivity contribution in [3.63, 3.8) is 0 Å². The summed E-state index contributed by atoms with van der Waals surface area (Å²) >= 11 is 4.38. The molecule has 2 aliphatic rings. The lowest BCUT2D eigenvalue weighted by molar-refractivity contribution is -0.117. The van der Waals surface area contributed by atoms with Crippen LogP contribution < -0.4 is 4.90 Å². The fourth-order valence-electron chi connectivity index (χ4n) is 3.45. The molecule has 0 spiro atoms. The van der Waals surface area contributed by atoms with E-state index in [0.29, 0.717) is 10.0 Å². The average Bonchev–Trinajstić information content (AvgIpc) is 3.08. The summed E-state index contributed by atoms with van der Waals surface area (Å²) < 4.78 is 52.4. The predicted octanol–water partition coefficient (Wildman–Crippen LogP) is 3.57. The SMILES string of the molecule is O=C(Cc1ccc(F)cc1)N=C1SC2CS(=O)(=O)CC2N1c1ccc(Br)cc1F. The summed E-state index contributed by atoms with van der Waals surface area (Å²) in [5.74, 6) is -1.56. The van der Waals surface area contributed by atoms with Crippen LogP contribution in [0.25, 0.3) is 0 Å². The van der Waals surface area contributed by atoms with E-state index in [1.807, 2.05) is 0 Å². The lowest BCUT2D eigenvalue weighted by atomic mass is 10.1. The number of amides is 1. The van der Waals surface area contributed by atoms with Gasteiger partial charge < -0.3 is 4.90 Å². The summed E-state index contributed by atoms with van der Waals surface area (Å²) in [6, 6.07) is 9.51. The minimum absolute atomic E-state index is 0.0331. The summed E-state index contributed by atoms with van der Waals surface area (Å²) in [6.45, 7) is 0. The standard InChI is InChI=1S/C19H15BrF2N2O3S2/c20-12-3-6-15(14(22)8-12)24-16-9-29(26,27)10-17(16)28-19(24)23-18(25)7-11-1-4-13(21)5-2-11/h1-6,8,16-17H,7,9-10H2. The number of halogens is 3. The van der Waals surface area contributed by atoms with Crippen molar-refractivity contribution in [2.24, 2.45) is 4.99 Å². The van der Waals surface area contributed by atoms with Gasteiger partial charge in [-0.25, -0.2) is 17.2 Å². The molecule has 2 unspecified atom stereocenters. The van der Waals surface area contributed by atoms with Crippen LogP contribution in [-0.2, 0) is 21.1 Å². The smallest absolute Gasteiger partial charge is 0.252 e. The van der Waals surface area contributed by atoms with Gasteiger partial charge in [-0.3, -0.25) is 4.79 Å². The molecule has 2 atom stereocenters. The predicted molar refractivity (Wildman–Crippen MR) is 113 cm³/mol. The molecular formula is C19H15BrF2N2O3S2. The van der Waals surface area contributed by atoms with Gasteiger partial charge in [0.05, 0.1) is 29.7 Å². The molecule has 1 amide bonds. The van der Waals surface area contributed by atoms with Gasteiger partial charge in [0.1, 0.15) is 11.6 Å². The number of carbonyl (C=O) groups is 1. The first-order chi connectivity index (χ1) is 13.7. The molecule has 2 heterocycles. The van der Waals surface area contributed by atoms with Crippen molar-refractivity contribution in [1.82, 2.24) is 0 Å². The number of amidine groups is 1. The second kappa shape index (κ2) is 7.81. The van der Waals surface area contributed by atoms with Gasteiger partial charge in [-0.1, -0.05) is 39.8 Å². The average molecular weight is 501 g/mol. The number of anilines is 1. The third-order valence-electron chi connectivity index (χ3n) is 4.72. The van der Waals surface area contributed by atoms with Gasteiger partial charge >= 0.3 is 0 Å². The van der Waals surface area contributed by atoms with Crippen molar-refractivity contribution in [3.05, 3.63) is 64.1 Å². The van der Waals surface area contributed by atoms with Crippen LogP contribution >= 0.6 is 27.7 Å². The van der Waals surface area contributed by atoms with E-state index in [4.69, 9.17) is 0 Å². The zero-order valence-corrected chi connectivity index (χ0v) is 18.1. The van der Waals surface area contributed by atoms with Crippen LogP contribution in [-0.4, -0.2) is 42.3 Å². The van der Waals surface area contributed by atoms with Crippen molar-refractivity contribution in [1.29, 1.82) is 0 Å². The highest BCUT2D eigenvalue weighted by Gasteiger charge is 2.50. The minimum Gasteiger partial charge on any atom is -0.313 e. The monoisotopic (exact) mass is 500 g/mol. The fourth-order valence-corrected chi connectivity index (χ4v) is 7.70. The van der Waals surface area contributed by atoms with Crippen molar-refractivity contribution in [2.45, 2.75) is 17.7 Å². The lowest BCUT2D eigenvalue weighted by Crippen LogP contribution is -2.38. The molecule has 2 aliphatic heterocycles. The van der Waals surface area contributed by atoms with Crippen LogP contribution in [0.1, 0.15) is 5.56 Å². The fraction of sp³-hybridized carbons (Fsp3) is 0.263. The minimum atomic E-state index is -3.24. The van der Waals surface area contributed by atoms with Gasteiger partial charge in [0.25, 0.3) is 5.91 Å². The maximum atomic E-state index is 14.6. The number of aliphatic imine (C=N–C) groups is 1. The topological polar surface area (TPSA) is 66.8 Å². The van der Waals surface area contributed by atoms with Gasteiger partial charge in [0.15, 0.2) is 15.0 Å². The van der Waals surface area contributed by atoms with E-state index in [9.17, 15) is 22.0 Å². The van der Waals surface area contributed by atoms with Crippen molar-refractivity contribution in [2.75, 3.05) is 16.4 Å². The maximum Gasteiger partial charge on any atom is 0.252 e. The number of carbonyl (C=O) groups excluding carboxylic acids is 1. The molecule has 4 rings (SSSR count). The molecule has 2 aromatic carbocycles. The Labute approximate surface area is 179 Å². The number of benzene rings is 2. The van der Waals surface area contributed by atoms with Crippen LogP contribution in [0.2, 0.25) is 0 Å². The van der Waals surface area contributed by atoms with Crippen molar-refractivity contribution >= 4 is 54.3 Å². The maximum absolute atomic E-state index is 14.6. The number of hydrogen-bond acceptors (Lipinski definition) is 4. The van der Waals surface area contributed by atoms with E-state index in [-0.39, 0.29) is 34.0 Å².